The molecule has 0 saturated carbocycles. The minimum atomic E-state index is -3.29. The van der Waals surface area contributed by atoms with Gasteiger partial charge in [0.05, 0.1) is 48.3 Å². The molecule has 4 rings (SSSR count). The summed E-state index contributed by atoms with van der Waals surface area (Å²) in [4.78, 5) is 13.1. The number of pyridine rings is 1. The van der Waals surface area contributed by atoms with Crippen molar-refractivity contribution in [2.45, 2.75) is 20.0 Å². The van der Waals surface area contributed by atoms with Gasteiger partial charge in [0.2, 0.25) is 16.0 Å². The summed E-state index contributed by atoms with van der Waals surface area (Å²) < 4.78 is 26.7. The second-order valence-electron chi connectivity index (χ2n) is 7.38. The van der Waals surface area contributed by atoms with Crippen molar-refractivity contribution in [3.05, 3.63) is 71.7 Å². The van der Waals surface area contributed by atoms with Crippen LogP contribution in [0.3, 0.4) is 0 Å². The van der Waals surface area contributed by atoms with Crippen LogP contribution in [0, 0.1) is 6.92 Å². The molecule has 0 saturated heterocycles. The molecule has 3 heterocycles. The fourth-order valence-corrected chi connectivity index (χ4v) is 3.54. The number of nitrogens with zero attached hydrogens (tertiary/aromatic N) is 6. The first kappa shape index (κ1) is 21.5. The summed E-state index contributed by atoms with van der Waals surface area (Å²) in [6.45, 7) is 2.50. The Bertz CT molecular complexity index is 1370. The average molecular weight is 451 g/mol. The molecule has 0 unspecified atom stereocenters. The highest BCUT2D eigenvalue weighted by Gasteiger charge is 2.11. The highest BCUT2D eigenvalue weighted by atomic mass is 32.2. The topological polar surface area (TPSA) is 142 Å². The zero-order chi connectivity index (χ0) is 22.7. The molecule has 0 aliphatic rings. The summed E-state index contributed by atoms with van der Waals surface area (Å²) in [5, 5.41) is 8.38. The molecule has 4 aromatic rings. The van der Waals surface area contributed by atoms with Crippen molar-refractivity contribution in [3.8, 4) is 22.6 Å². The number of anilines is 1. The molecule has 0 radical (unpaired) electrons. The number of aromatic nitrogens is 6. The van der Waals surface area contributed by atoms with E-state index in [4.69, 9.17) is 5.73 Å². The van der Waals surface area contributed by atoms with Crippen molar-refractivity contribution >= 4 is 16.0 Å². The summed E-state index contributed by atoms with van der Waals surface area (Å²) in [6.07, 6.45) is 2.86. The van der Waals surface area contributed by atoms with E-state index in [-0.39, 0.29) is 12.5 Å². The Morgan fingerprint density at radius 3 is 2.50 bits per heavy atom. The number of rotatable bonds is 7. The Hall–Kier alpha value is -3.70. The first-order valence-corrected chi connectivity index (χ1v) is 11.7. The maximum atomic E-state index is 11.3. The van der Waals surface area contributed by atoms with E-state index >= 15 is 0 Å². The number of nitrogens with two attached hydrogens (primary N) is 1. The van der Waals surface area contributed by atoms with Crippen molar-refractivity contribution in [1.29, 1.82) is 0 Å². The zero-order valence-corrected chi connectivity index (χ0v) is 18.4. The average Bonchev–Trinajstić information content (AvgIpc) is 3.20. The SMILES string of the molecule is Cc1cccc(-c2cc(-c3cn(Cc4cccc(CNS(C)(=O)=O)n4)nn3)nc(N)n2)c1. The predicted octanol–water partition coefficient (Wildman–Crippen LogP) is 1.79. The lowest BCUT2D eigenvalue weighted by Crippen LogP contribution is -2.22. The third-order valence-electron chi connectivity index (χ3n) is 4.56. The molecule has 0 aliphatic heterocycles. The van der Waals surface area contributed by atoms with E-state index in [0.717, 1.165) is 23.1 Å². The first-order chi connectivity index (χ1) is 15.2. The number of aryl methyl sites for hydroxylation is 1. The maximum absolute atomic E-state index is 11.3. The molecule has 3 aromatic heterocycles. The molecule has 164 valence electrons. The Morgan fingerprint density at radius 1 is 0.969 bits per heavy atom. The van der Waals surface area contributed by atoms with E-state index in [1.807, 2.05) is 49.4 Å². The molecule has 0 fully saturated rings. The molecule has 0 aliphatic carbocycles. The van der Waals surface area contributed by atoms with Gasteiger partial charge in [-0.2, -0.15) is 0 Å². The number of hydrogen-bond acceptors (Lipinski definition) is 8. The van der Waals surface area contributed by atoms with Gasteiger partial charge in [0, 0.05) is 5.56 Å². The second kappa shape index (κ2) is 8.81. The Kier molecular flexibility index (Phi) is 5.93. The van der Waals surface area contributed by atoms with Gasteiger partial charge in [-0.1, -0.05) is 35.0 Å². The van der Waals surface area contributed by atoms with Crippen LogP contribution in [0.15, 0.2) is 54.7 Å². The third-order valence-corrected chi connectivity index (χ3v) is 5.23. The molecule has 32 heavy (non-hydrogen) atoms. The molecular weight excluding hydrogens is 428 g/mol. The van der Waals surface area contributed by atoms with Crippen molar-refractivity contribution in [3.63, 3.8) is 0 Å². The molecule has 10 nitrogen and oxygen atoms in total. The first-order valence-electron chi connectivity index (χ1n) is 9.77. The minimum absolute atomic E-state index is 0.122. The Balaban J connectivity index is 1.55. The van der Waals surface area contributed by atoms with Crippen LogP contribution >= 0.6 is 0 Å². The highest BCUT2D eigenvalue weighted by Crippen LogP contribution is 2.24. The van der Waals surface area contributed by atoms with E-state index in [1.165, 1.54) is 0 Å². The molecule has 11 heteroatoms. The fourth-order valence-electron chi connectivity index (χ4n) is 3.13. The minimum Gasteiger partial charge on any atom is -0.368 e. The van der Waals surface area contributed by atoms with Crippen LogP contribution in [0.1, 0.15) is 17.0 Å². The normalized spacial score (nSPS) is 11.6. The highest BCUT2D eigenvalue weighted by molar-refractivity contribution is 7.88. The van der Waals surface area contributed by atoms with Crippen molar-refractivity contribution in [1.82, 2.24) is 34.7 Å². The van der Waals surface area contributed by atoms with Crippen LogP contribution in [0.5, 0.6) is 0 Å². The smallest absolute Gasteiger partial charge is 0.221 e. The van der Waals surface area contributed by atoms with Crippen molar-refractivity contribution in [2.75, 3.05) is 12.0 Å². The zero-order valence-electron chi connectivity index (χ0n) is 17.6. The van der Waals surface area contributed by atoms with Gasteiger partial charge in [-0.3, -0.25) is 4.98 Å². The van der Waals surface area contributed by atoms with Crippen LogP contribution in [-0.4, -0.2) is 44.6 Å². The summed E-state index contributed by atoms with van der Waals surface area (Å²) in [7, 11) is -3.29. The summed E-state index contributed by atoms with van der Waals surface area (Å²) >= 11 is 0. The van der Waals surface area contributed by atoms with Gasteiger partial charge < -0.3 is 5.73 Å². The largest absolute Gasteiger partial charge is 0.368 e. The standard InChI is InChI=1S/C21H22N8O2S/c1-14-5-3-6-15(9-14)18-10-19(26-21(22)25-18)20-13-29(28-27-20)12-17-8-4-7-16(24-17)11-23-32(2,30)31/h3-10,13,23H,11-12H2,1-2H3,(H2,22,25,26). The van der Waals surface area contributed by atoms with Gasteiger partial charge in [0.25, 0.3) is 0 Å². The lowest BCUT2D eigenvalue weighted by atomic mass is 10.1. The van der Waals surface area contributed by atoms with E-state index in [2.05, 4.69) is 30.0 Å². The van der Waals surface area contributed by atoms with Gasteiger partial charge in [0.15, 0.2) is 0 Å². The number of hydrogen-bond donors (Lipinski definition) is 2. The molecular formula is C21H22N8O2S. The fraction of sp³-hybridized carbons (Fsp3) is 0.190. The quantitative estimate of drug-likeness (QED) is 0.434. The van der Waals surface area contributed by atoms with Crippen LogP contribution in [-0.2, 0) is 23.1 Å². The van der Waals surface area contributed by atoms with E-state index in [0.29, 0.717) is 29.3 Å². The third kappa shape index (κ3) is 5.50. The van der Waals surface area contributed by atoms with Gasteiger partial charge in [-0.25, -0.2) is 27.8 Å². The molecule has 3 N–H and O–H groups in total. The van der Waals surface area contributed by atoms with Crippen LogP contribution in [0.25, 0.3) is 22.6 Å². The second-order valence-corrected chi connectivity index (χ2v) is 9.21. The van der Waals surface area contributed by atoms with Crippen molar-refractivity contribution in [2.24, 2.45) is 0 Å². The van der Waals surface area contributed by atoms with Gasteiger partial charge in [0.1, 0.15) is 5.69 Å². The molecule has 0 spiro atoms. The van der Waals surface area contributed by atoms with Crippen LogP contribution in [0.4, 0.5) is 5.95 Å². The summed E-state index contributed by atoms with van der Waals surface area (Å²) in [6, 6.07) is 15.2. The van der Waals surface area contributed by atoms with E-state index in [9.17, 15) is 8.42 Å². The number of nitrogen functional groups attached to an aromatic ring is 1. The number of nitrogens with one attached hydrogen (secondary N) is 1. The summed E-state index contributed by atoms with van der Waals surface area (Å²) in [5.74, 6) is 0.154. The molecule has 0 bridgehead atoms. The lowest BCUT2D eigenvalue weighted by Gasteiger charge is -2.06. The Labute approximate surface area is 185 Å². The predicted molar refractivity (Wildman–Crippen MR) is 121 cm³/mol. The number of benzene rings is 1. The molecule has 0 amide bonds. The lowest BCUT2D eigenvalue weighted by molar-refractivity contribution is 0.586. The summed E-state index contributed by atoms with van der Waals surface area (Å²) in [5.41, 5.74) is 11.2. The van der Waals surface area contributed by atoms with Crippen LogP contribution < -0.4 is 10.5 Å². The Morgan fingerprint density at radius 2 is 1.72 bits per heavy atom. The van der Waals surface area contributed by atoms with E-state index in [1.54, 1.807) is 16.9 Å². The van der Waals surface area contributed by atoms with Gasteiger partial charge in [-0.05, 0) is 31.2 Å². The van der Waals surface area contributed by atoms with Gasteiger partial charge in [-0.15, -0.1) is 5.10 Å². The van der Waals surface area contributed by atoms with E-state index < -0.39 is 10.0 Å². The van der Waals surface area contributed by atoms with Crippen molar-refractivity contribution < 1.29 is 8.42 Å². The monoisotopic (exact) mass is 450 g/mol. The molecule has 1 aromatic carbocycles. The van der Waals surface area contributed by atoms with Crippen LogP contribution in [0.2, 0.25) is 0 Å². The maximum Gasteiger partial charge on any atom is 0.221 e. The number of sulfonamides is 1. The molecule has 0 atom stereocenters. The van der Waals surface area contributed by atoms with Gasteiger partial charge >= 0.3 is 0 Å².